The van der Waals surface area contributed by atoms with Gasteiger partial charge in [-0.25, -0.2) is 0 Å². The first-order chi connectivity index (χ1) is 7.11. The van der Waals surface area contributed by atoms with Crippen molar-refractivity contribution in [2.45, 2.75) is 0 Å². The molecule has 0 fully saturated rings. The van der Waals surface area contributed by atoms with Crippen LogP contribution in [0.3, 0.4) is 0 Å². The van der Waals surface area contributed by atoms with Crippen LogP contribution in [0.4, 0.5) is 0 Å². The van der Waals surface area contributed by atoms with Gasteiger partial charge < -0.3 is 0 Å². The summed E-state index contributed by atoms with van der Waals surface area (Å²) in [5.74, 6) is -1.46. The van der Waals surface area contributed by atoms with Crippen molar-refractivity contribution in [1.82, 2.24) is 4.98 Å². The Morgan fingerprint density at radius 2 is 2.27 bits per heavy atom. The molecule has 2 N–H and O–H groups in total. The van der Waals surface area contributed by atoms with Crippen molar-refractivity contribution >= 4 is 43.4 Å². The molecule has 0 radical (unpaired) electrons. The first kappa shape index (κ1) is 12.4. The van der Waals surface area contributed by atoms with Gasteiger partial charge in [0, 0.05) is 0 Å². The number of nitrogens with zero attached hydrogens (tertiary/aromatic N) is 1. The topological polar surface area (TPSA) is 70.4 Å². The summed E-state index contributed by atoms with van der Waals surface area (Å²) in [6.07, 6.45) is 2.74. The van der Waals surface area contributed by atoms with Crippen LogP contribution in [0.5, 0.6) is 5.75 Å². The first-order valence-corrected chi connectivity index (χ1v) is 5.86. The molecule has 4 nitrogen and oxygen atoms in total. The molecule has 6 heteroatoms. The average Bonchev–Trinajstić information content (AvgIpc) is 2.20. The molecule has 0 saturated heterocycles. The fourth-order valence-corrected chi connectivity index (χ4v) is 1.74. The van der Waals surface area contributed by atoms with Crippen LogP contribution in [0, 0.1) is 0 Å². The molecule has 0 unspecified atom stereocenters. The second-order valence-electron chi connectivity index (χ2n) is 2.55. The van der Waals surface area contributed by atoms with Gasteiger partial charge in [-0.15, -0.1) is 0 Å². The Morgan fingerprint density at radius 3 is 2.73 bits per heavy atom. The predicted octanol–water partition coefficient (Wildman–Crippen LogP) is -0.212. The molecule has 1 rings (SSSR count). The predicted molar refractivity (Wildman–Crippen MR) is 61.1 cm³/mol. The van der Waals surface area contributed by atoms with Gasteiger partial charge in [-0.1, -0.05) is 0 Å². The van der Waals surface area contributed by atoms with E-state index in [-0.39, 0.29) is 11.3 Å². The number of aromatic hydroxyl groups is 1. The second kappa shape index (κ2) is 5.43. The van der Waals surface area contributed by atoms with E-state index in [4.69, 9.17) is 5.11 Å². The van der Waals surface area contributed by atoms with Gasteiger partial charge in [0.15, 0.2) is 0 Å². The molecule has 15 heavy (non-hydrogen) atoms. The van der Waals surface area contributed by atoms with Gasteiger partial charge in [0.1, 0.15) is 0 Å². The first-order valence-electron chi connectivity index (χ1n) is 3.81. The number of hydrogen-bond acceptors (Lipinski definition) is 3. The van der Waals surface area contributed by atoms with Gasteiger partial charge in [-0.05, 0) is 0 Å². The van der Waals surface area contributed by atoms with Gasteiger partial charge in [-0.2, -0.15) is 0 Å². The molecule has 0 aliphatic heterocycles. The Balaban J connectivity index is 3.73. The normalized spacial score (nSPS) is 12.8. The standard InChI is InChI=1S/C9H6INO3.V/c1-2-5-7(3-10)11-4-6(8(5)12)9(13)14;/h1-4,12H,(H,13,14);. The van der Waals surface area contributed by atoms with E-state index in [9.17, 15) is 9.90 Å². The monoisotopic (exact) mass is 354 g/mol. The average molecular weight is 354 g/mol. The van der Waals surface area contributed by atoms with Crippen LogP contribution in [0.2, 0.25) is 0 Å². The van der Waals surface area contributed by atoms with Crippen molar-refractivity contribution in [3.63, 3.8) is 0 Å². The van der Waals surface area contributed by atoms with Gasteiger partial charge in [0.2, 0.25) is 0 Å². The molecule has 0 saturated carbocycles. The molecule has 1 aromatic rings. The number of hydrogen-bond donors (Lipinski definition) is 2. The summed E-state index contributed by atoms with van der Waals surface area (Å²) in [4.78, 5) is 14.7. The minimum atomic E-state index is -1.19. The molecule has 0 atom stereocenters. The van der Waals surface area contributed by atoms with E-state index in [0.717, 1.165) is 6.20 Å². The Bertz CT molecular complexity index is 527. The summed E-state index contributed by atoms with van der Waals surface area (Å²) in [7, 11) is 0. The van der Waals surface area contributed by atoms with E-state index in [1.807, 2.05) is 22.6 Å². The van der Waals surface area contributed by atoms with E-state index in [0.29, 0.717) is 10.6 Å². The maximum atomic E-state index is 10.7. The zero-order chi connectivity index (χ0) is 11.4. The molecule has 77 valence electrons. The van der Waals surface area contributed by atoms with Crippen molar-refractivity contribution in [3.8, 4) is 5.75 Å². The third kappa shape index (κ3) is 2.67. The summed E-state index contributed by atoms with van der Waals surface area (Å²) in [5.41, 5.74) is -0.197. The molecular weight excluding hydrogens is 348 g/mol. The van der Waals surface area contributed by atoms with Crippen LogP contribution < -0.4 is 10.6 Å². The van der Waals surface area contributed by atoms with E-state index < -0.39 is 5.97 Å². The van der Waals surface area contributed by atoms with Crippen molar-refractivity contribution in [2.24, 2.45) is 0 Å². The van der Waals surface area contributed by atoms with Crippen LogP contribution in [-0.4, -0.2) is 25.9 Å². The van der Waals surface area contributed by atoms with Gasteiger partial charge in [0.25, 0.3) is 0 Å². The van der Waals surface area contributed by atoms with E-state index >= 15 is 0 Å². The van der Waals surface area contributed by atoms with Crippen LogP contribution in [0.1, 0.15) is 10.4 Å². The van der Waals surface area contributed by atoms with Crippen LogP contribution in [0.15, 0.2) is 6.20 Å². The third-order valence-corrected chi connectivity index (χ3v) is 2.52. The van der Waals surface area contributed by atoms with E-state index in [1.165, 1.54) is 0 Å². The molecule has 0 aromatic carbocycles. The van der Waals surface area contributed by atoms with Crippen LogP contribution in [-0.2, 0) is 17.0 Å². The molecule has 0 bridgehead atoms. The number of halogens is 1. The Hall–Kier alpha value is -0.656. The van der Waals surface area contributed by atoms with Gasteiger partial charge in [0.05, 0.1) is 0 Å². The number of aromatic nitrogens is 1. The molecule has 0 spiro atoms. The van der Waals surface area contributed by atoms with Crippen LogP contribution >= 0.6 is 22.6 Å². The van der Waals surface area contributed by atoms with Crippen molar-refractivity contribution in [1.29, 1.82) is 0 Å². The van der Waals surface area contributed by atoms with E-state index in [2.05, 4.69) is 22.0 Å². The summed E-state index contributed by atoms with van der Waals surface area (Å²) < 4.78 is 3.32. The second-order valence-corrected chi connectivity index (χ2v) is 3.64. The van der Waals surface area contributed by atoms with Gasteiger partial charge in [-0.3, -0.25) is 0 Å². The number of aromatic carboxylic acids is 1. The Kier molecular flexibility index (Phi) is 4.50. The van der Waals surface area contributed by atoms with E-state index in [1.54, 1.807) is 14.9 Å². The van der Waals surface area contributed by atoms with Crippen molar-refractivity contribution in [2.75, 3.05) is 0 Å². The zero-order valence-electron chi connectivity index (χ0n) is 7.38. The van der Waals surface area contributed by atoms with Crippen molar-refractivity contribution in [3.05, 3.63) is 22.3 Å². The molecule has 0 amide bonds. The minimum absolute atomic E-state index is 0.197. The van der Waals surface area contributed by atoms with Gasteiger partial charge >= 0.3 is 108 Å². The Morgan fingerprint density at radius 1 is 1.60 bits per heavy atom. The Labute approximate surface area is 108 Å². The molecule has 1 heterocycles. The summed E-state index contributed by atoms with van der Waals surface area (Å²) >= 11 is 4.19. The number of rotatable bonds is 2. The third-order valence-electron chi connectivity index (χ3n) is 1.69. The summed E-state index contributed by atoms with van der Waals surface area (Å²) in [5, 5.41) is 19.4. The molecule has 0 aliphatic rings. The molecule has 0 aliphatic carbocycles. The number of carboxylic acid groups (broad SMARTS) is 1. The summed E-state index contributed by atoms with van der Waals surface area (Å²) in [6.45, 7) is 0. The molecular formula is C9H6INO3V. The number of carboxylic acids is 1. The number of pyridine rings is 1. The SMILES string of the molecule is O=C(O)c1cnc(=CI)c(=C[CH]=[V])c1O. The summed E-state index contributed by atoms with van der Waals surface area (Å²) in [6, 6.07) is 0. The maximum absolute atomic E-state index is 10.7. The van der Waals surface area contributed by atoms with Crippen molar-refractivity contribution < 1.29 is 32.0 Å². The fourth-order valence-electron chi connectivity index (χ4n) is 1.01. The fraction of sp³-hybridized carbons (Fsp3) is 0. The number of carbonyl (C=O) groups is 1. The molecule has 1 aromatic heterocycles. The quantitative estimate of drug-likeness (QED) is 0.722. The zero-order valence-corrected chi connectivity index (χ0v) is 10.9. The van der Waals surface area contributed by atoms with Crippen LogP contribution in [0.25, 0.3) is 10.2 Å².